The van der Waals surface area contributed by atoms with E-state index in [4.69, 9.17) is 15.2 Å². The average Bonchev–Trinajstić information content (AvgIpc) is 2.72. The zero-order valence-electron chi connectivity index (χ0n) is 16.6. The van der Waals surface area contributed by atoms with E-state index in [2.05, 4.69) is 24.1 Å². The molecule has 150 valence electrons. The summed E-state index contributed by atoms with van der Waals surface area (Å²) in [6.07, 6.45) is 1.55. The van der Waals surface area contributed by atoms with Crippen molar-refractivity contribution in [1.29, 1.82) is 0 Å². The summed E-state index contributed by atoms with van der Waals surface area (Å²) in [6.45, 7) is 5.25. The molecule has 1 amide bonds. The van der Waals surface area contributed by atoms with E-state index in [1.807, 2.05) is 48.5 Å². The number of anilines is 1. The summed E-state index contributed by atoms with van der Waals surface area (Å²) >= 11 is 0. The van der Waals surface area contributed by atoms with Gasteiger partial charge in [-0.3, -0.25) is 4.79 Å². The molecule has 29 heavy (non-hydrogen) atoms. The Hall–Kier alpha value is -3.54. The third-order valence-electron chi connectivity index (χ3n) is 4.08. The molecule has 3 N–H and O–H groups in total. The van der Waals surface area contributed by atoms with Gasteiger partial charge in [-0.1, -0.05) is 26.0 Å². The Morgan fingerprint density at radius 1 is 1.03 bits per heavy atom. The zero-order chi connectivity index (χ0) is 20.6. The summed E-state index contributed by atoms with van der Waals surface area (Å²) < 4.78 is 11.6. The fourth-order valence-corrected chi connectivity index (χ4v) is 2.61. The van der Waals surface area contributed by atoms with Crippen molar-refractivity contribution in [3.05, 3.63) is 78.0 Å². The Morgan fingerprint density at radius 3 is 2.52 bits per heavy atom. The molecule has 1 aromatic heterocycles. The van der Waals surface area contributed by atoms with E-state index in [9.17, 15) is 4.79 Å². The molecule has 0 saturated carbocycles. The van der Waals surface area contributed by atoms with Gasteiger partial charge in [0.05, 0.1) is 12.2 Å². The van der Waals surface area contributed by atoms with Crippen LogP contribution >= 0.6 is 0 Å². The fourth-order valence-electron chi connectivity index (χ4n) is 2.61. The largest absolute Gasteiger partial charge is 0.493 e. The molecule has 3 rings (SSSR count). The Morgan fingerprint density at radius 2 is 1.79 bits per heavy atom. The van der Waals surface area contributed by atoms with Gasteiger partial charge < -0.3 is 20.5 Å². The van der Waals surface area contributed by atoms with Gasteiger partial charge >= 0.3 is 0 Å². The lowest BCUT2D eigenvalue weighted by Crippen LogP contribution is -2.24. The maximum atomic E-state index is 12.3. The number of carbonyl (C=O) groups excluding carboxylic acids is 1. The number of carbonyl (C=O) groups is 1. The van der Waals surface area contributed by atoms with Gasteiger partial charge in [-0.2, -0.15) is 0 Å². The van der Waals surface area contributed by atoms with Crippen molar-refractivity contribution >= 4 is 11.7 Å². The van der Waals surface area contributed by atoms with Crippen molar-refractivity contribution in [3.63, 3.8) is 0 Å². The minimum Gasteiger partial charge on any atom is -0.493 e. The van der Waals surface area contributed by atoms with Gasteiger partial charge in [-0.25, -0.2) is 4.98 Å². The summed E-state index contributed by atoms with van der Waals surface area (Å²) in [4.78, 5) is 16.2. The molecule has 0 bridgehead atoms. The zero-order valence-corrected chi connectivity index (χ0v) is 16.6. The average molecular weight is 391 g/mol. The molecule has 0 radical (unpaired) electrons. The van der Waals surface area contributed by atoms with E-state index in [0.717, 1.165) is 11.3 Å². The smallest absolute Gasteiger partial charge is 0.255 e. The minimum atomic E-state index is -0.265. The van der Waals surface area contributed by atoms with Crippen LogP contribution in [0.1, 0.15) is 29.8 Å². The molecule has 0 fully saturated rings. The van der Waals surface area contributed by atoms with Crippen LogP contribution in [0.5, 0.6) is 17.2 Å². The highest BCUT2D eigenvalue weighted by molar-refractivity contribution is 5.98. The number of rotatable bonds is 8. The second kappa shape index (κ2) is 9.59. The molecule has 0 saturated heterocycles. The molecule has 0 aliphatic carbocycles. The van der Waals surface area contributed by atoms with Crippen molar-refractivity contribution in [2.24, 2.45) is 5.92 Å². The van der Waals surface area contributed by atoms with Crippen LogP contribution in [0.3, 0.4) is 0 Å². The predicted octanol–water partition coefficient (Wildman–Crippen LogP) is 4.42. The first-order valence-electron chi connectivity index (χ1n) is 9.49. The molecule has 0 atom stereocenters. The van der Waals surface area contributed by atoms with Crippen LogP contribution in [-0.2, 0) is 6.54 Å². The standard InChI is InChI=1S/C23H25N3O3/c1-16(2)15-28-18-8-10-19(11-9-18)29-20-6-3-5-17(13-20)14-26-23(27)21-7-4-12-25-22(21)24/h3-13,16H,14-15H2,1-2H3,(H2,24,25)(H,26,27). The maximum Gasteiger partial charge on any atom is 0.255 e. The van der Waals surface area contributed by atoms with Gasteiger partial charge in [0.25, 0.3) is 5.91 Å². The highest BCUT2D eigenvalue weighted by Gasteiger charge is 2.09. The molecule has 6 heteroatoms. The minimum absolute atomic E-state index is 0.211. The summed E-state index contributed by atoms with van der Waals surface area (Å²) in [6, 6.07) is 18.4. The normalized spacial score (nSPS) is 10.6. The van der Waals surface area contributed by atoms with Crippen molar-refractivity contribution in [2.45, 2.75) is 20.4 Å². The number of nitrogens with two attached hydrogens (primary N) is 1. The second-order valence-corrected chi connectivity index (χ2v) is 7.04. The number of amides is 1. The summed E-state index contributed by atoms with van der Waals surface area (Å²) in [5.74, 6) is 2.64. The molecular formula is C23H25N3O3. The summed E-state index contributed by atoms with van der Waals surface area (Å²) in [5.41, 5.74) is 7.02. The Bertz CT molecular complexity index is 956. The Labute approximate surface area is 170 Å². The highest BCUT2D eigenvalue weighted by Crippen LogP contribution is 2.25. The number of pyridine rings is 1. The molecule has 0 unspecified atom stereocenters. The van der Waals surface area contributed by atoms with Crippen LogP contribution in [0.15, 0.2) is 66.9 Å². The lowest BCUT2D eigenvalue weighted by molar-refractivity contribution is 0.0951. The van der Waals surface area contributed by atoms with Crippen LogP contribution < -0.4 is 20.5 Å². The molecule has 3 aromatic rings. The first-order chi connectivity index (χ1) is 14.0. The van der Waals surface area contributed by atoms with Crippen LogP contribution in [0.2, 0.25) is 0 Å². The van der Waals surface area contributed by atoms with Crippen LogP contribution in [-0.4, -0.2) is 17.5 Å². The second-order valence-electron chi connectivity index (χ2n) is 7.04. The molecular weight excluding hydrogens is 366 g/mol. The van der Waals surface area contributed by atoms with Crippen LogP contribution in [0, 0.1) is 5.92 Å². The van der Waals surface area contributed by atoms with Gasteiger partial charge in [0, 0.05) is 12.7 Å². The van der Waals surface area contributed by atoms with Crippen molar-refractivity contribution in [2.75, 3.05) is 12.3 Å². The predicted molar refractivity (Wildman–Crippen MR) is 113 cm³/mol. The quantitative estimate of drug-likeness (QED) is 0.594. The lowest BCUT2D eigenvalue weighted by atomic mass is 10.2. The molecule has 2 aromatic carbocycles. The Balaban J connectivity index is 1.58. The summed E-state index contributed by atoms with van der Waals surface area (Å²) in [5, 5.41) is 2.85. The first-order valence-corrected chi connectivity index (χ1v) is 9.49. The van der Waals surface area contributed by atoms with Gasteiger partial charge in [-0.15, -0.1) is 0 Å². The monoisotopic (exact) mass is 391 g/mol. The third-order valence-corrected chi connectivity index (χ3v) is 4.08. The first kappa shape index (κ1) is 20.2. The van der Waals surface area contributed by atoms with E-state index in [0.29, 0.717) is 36.1 Å². The number of nitrogens with one attached hydrogen (secondary N) is 1. The fraction of sp³-hybridized carbons (Fsp3) is 0.217. The van der Waals surface area contributed by atoms with Crippen LogP contribution in [0.25, 0.3) is 0 Å². The Kier molecular flexibility index (Phi) is 6.68. The molecule has 0 aliphatic heterocycles. The number of ether oxygens (including phenoxy) is 2. The van der Waals surface area contributed by atoms with E-state index < -0.39 is 0 Å². The number of nitrogen functional groups attached to an aromatic ring is 1. The topological polar surface area (TPSA) is 86.5 Å². The number of aromatic nitrogens is 1. The van der Waals surface area contributed by atoms with Crippen LogP contribution in [0.4, 0.5) is 5.82 Å². The van der Waals surface area contributed by atoms with E-state index >= 15 is 0 Å². The van der Waals surface area contributed by atoms with Gasteiger partial charge in [0.15, 0.2) is 0 Å². The maximum absolute atomic E-state index is 12.3. The van der Waals surface area contributed by atoms with Crippen molar-refractivity contribution < 1.29 is 14.3 Å². The third kappa shape index (κ3) is 5.97. The number of benzene rings is 2. The molecule has 1 heterocycles. The van der Waals surface area contributed by atoms with Gasteiger partial charge in [0.1, 0.15) is 23.1 Å². The number of nitrogens with zero attached hydrogens (tertiary/aromatic N) is 1. The van der Waals surface area contributed by atoms with E-state index in [1.54, 1.807) is 18.3 Å². The highest BCUT2D eigenvalue weighted by atomic mass is 16.5. The lowest BCUT2D eigenvalue weighted by Gasteiger charge is -2.11. The van der Waals surface area contributed by atoms with Crippen molar-refractivity contribution in [1.82, 2.24) is 10.3 Å². The van der Waals surface area contributed by atoms with Gasteiger partial charge in [0.2, 0.25) is 0 Å². The number of hydrogen-bond donors (Lipinski definition) is 2. The SMILES string of the molecule is CC(C)COc1ccc(Oc2cccc(CNC(=O)c3cccnc3N)c2)cc1. The molecule has 0 aliphatic rings. The van der Waals surface area contributed by atoms with Crippen molar-refractivity contribution in [3.8, 4) is 17.2 Å². The molecule has 0 spiro atoms. The molecule has 6 nitrogen and oxygen atoms in total. The van der Waals surface area contributed by atoms with E-state index in [-0.39, 0.29) is 11.7 Å². The summed E-state index contributed by atoms with van der Waals surface area (Å²) in [7, 11) is 0. The van der Waals surface area contributed by atoms with E-state index in [1.165, 1.54) is 0 Å². The van der Waals surface area contributed by atoms with Gasteiger partial charge in [-0.05, 0) is 60.0 Å². The number of hydrogen-bond acceptors (Lipinski definition) is 5.